The van der Waals surface area contributed by atoms with E-state index in [-0.39, 0.29) is 53.7 Å². The number of aromatic nitrogens is 1. The van der Waals surface area contributed by atoms with Gasteiger partial charge in [-0.15, -0.1) is 0 Å². The number of ether oxygens (including phenoxy) is 1. The molecule has 3 saturated heterocycles. The van der Waals surface area contributed by atoms with Crippen LogP contribution in [0.1, 0.15) is 31.2 Å². The molecule has 2 aromatic rings. The normalized spacial score (nSPS) is 23.2. The molecule has 1 amide bonds. The summed E-state index contributed by atoms with van der Waals surface area (Å²) in [6.45, 7) is 2.44. The van der Waals surface area contributed by atoms with Gasteiger partial charge in [-0.25, -0.2) is 22.2 Å². The third-order valence-electron chi connectivity index (χ3n) is 8.54. The molecule has 0 N–H and O–H groups in total. The molecule has 1 aromatic heterocycles. The van der Waals surface area contributed by atoms with Crippen LogP contribution in [-0.4, -0.2) is 87.5 Å². The number of carbonyl (C=O) groups is 1. The monoisotopic (exact) mass is 595 g/mol. The van der Waals surface area contributed by atoms with E-state index in [1.54, 1.807) is 15.9 Å². The molecular weight excluding hydrogens is 564 g/mol. The number of fused-ring (bicyclic) bond motifs is 3. The van der Waals surface area contributed by atoms with Gasteiger partial charge in [-0.1, -0.05) is 11.6 Å². The van der Waals surface area contributed by atoms with Crippen molar-refractivity contribution in [1.29, 1.82) is 0 Å². The maximum atomic E-state index is 15.5. The zero-order valence-electron chi connectivity index (χ0n) is 22.2. The van der Waals surface area contributed by atoms with Crippen LogP contribution in [0.4, 0.5) is 20.3 Å². The third kappa shape index (κ3) is 4.93. The standard InChI is InChI=1S/C27H32ClF2N5O4S/c1-32-8-6-18(7-9-32)27(29,30)19-14-24(28)31-25(15-19)33-10-12-34(13-11-33)40(37,38)21-3-4-22-23(16-21)39-17-20-2-5-26(36)35(20)22/h3-4,14-16,18,20H,2,5-13,17H2,1H3. The smallest absolute Gasteiger partial charge is 0.276 e. The van der Waals surface area contributed by atoms with Crippen molar-refractivity contribution in [3.05, 3.63) is 41.0 Å². The number of nitrogens with zero attached hydrogens (tertiary/aromatic N) is 5. The summed E-state index contributed by atoms with van der Waals surface area (Å²) in [4.78, 5) is 22.2. The van der Waals surface area contributed by atoms with Crippen molar-refractivity contribution in [1.82, 2.24) is 14.2 Å². The fraction of sp³-hybridized carbons (Fsp3) is 0.556. The van der Waals surface area contributed by atoms with Gasteiger partial charge in [0.1, 0.15) is 23.3 Å². The lowest BCUT2D eigenvalue weighted by molar-refractivity contribution is -0.117. The van der Waals surface area contributed by atoms with Gasteiger partial charge in [-0.3, -0.25) is 4.79 Å². The molecule has 40 heavy (non-hydrogen) atoms. The van der Waals surface area contributed by atoms with Gasteiger partial charge in [-0.05, 0) is 63.7 Å². The Morgan fingerprint density at radius 2 is 1.75 bits per heavy atom. The molecule has 5 heterocycles. The van der Waals surface area contributed by atoms with Gasteiger partial charge < -0.3 is 19.4 Å². The number of hydrogen-bond acceptors (Lipinski definition) is 7. The maximum Gasteiger partial charge on any atom is 0.276 e. The van der Waals surface area contributed by atoms with Gasteiger partial charge >= 0.3 is 0 Å². The summed E-state index contributed by atoms with van der Waals surface area (Å²) in [5.41, 5.74) is 0.447. The summed E-state index contributed by atoms with van der Waals surface area (Å²) < 4.78 is 65.1. The molecule has 9 nitrogen and oxygen atoms in total. The number of likely N-dealkylation sites (tertiary alicyclic amines) is 1. The summed E-state index contributed by atoms with van der Waals surface area (Å²) in [6.07, 6.45) is 1.98. The molecule has 13 heteroatoms. The van der Waals surface area contributed by atoms with Crippen LogP contribution in [0.15, 0.2) is 35.2 Å². The minimum absolute atomic E-state index is 0.0112. The van der Waals surface area contributed by atoms with Gasteiger partial charge in [0.05, 0.1) is 16.6 Å². The predicted octanol–water partition coefficient (Wildman–Crippen LogP) is 3.57. The lowest BCUT2D eigenvalue weighted by Crippen LogP contribution is -2.49. The van der Waals surface area contributed by atoms with E-state index in [4.69, 9.17) is 16.3 Å². The van der Waals surface area contributed by atoms with Crippen LogP contribution in [0, 0.1) is 5.92 Å². The molecule has 1 atom stereocenters. The molecule has 1 aromatic carbocycles. The zero-order chi connectivity index (χ0) is 28.2. The first-order chi connectivity index (χ1) is 19.0. The molecule has 1 unspecified atom stereocenters. The number of hydrogen-bond donors (Lipinski definition) is 0. The van der Waals surface area contributed by atoms with E-state index < -0.39 is 21.9 Å². The zero-order valence-corrected chi connectivity index (χ0v) is 23.8. The number of benzene rings is 1. The third-order valence-corrected chi connectivity index (χ3v) is 10.6. The van der Waals surface area contributed by atoms with E-state index in [2.05, 4.69) is 4.98 Å². The van der Waals surface area contributed by atoms with Crippen LogP contribution in [0.3, 0.4) is 0 Å². The van der Waals surface area contributed by atoms with Crippen LogP contribution in [-0.2, 0) is 20.7 Å². The number of alkyl halides is 2. The summed E-state index contributed by atoms with van der Waals surface area (Å²) in [5, 5.41) is -0.0112. The van der Waals surface area contributed by atoms with Crippen LogP contribution in [0.2, 0.25) is 5.15 Å². The van der Waals surface area contributed by atoms with E-state index in [0.717, 1.165) is 6.42 Å². The Bertz CT molecular complexity index is 1410. The molecule has 4 aliphatic heterocycles. The highest BCUT2D eigenvalue weighted by molar-refractivity contribution is 7.89. The summed E-state index contributed by atoms with van der Waals surface area (Å²) >= 11 is 6.20. The summed E-state index contributed by atoms with van der Waals surface area (Å²) in [6, 6.07) is 7.24. The Hall–Kier alpha value is -2.54. The number of carbonyl (C=O) groups excluding carboxylic acids is 1. The second kappa shape index (κ2) is 10.4. The van der Waals surface area contributed by atoms with Crippen molar-refractivity contribution in [3.8, 4) is 5.75 Å². The molecule has 0 spiro atoms. The Kier molecular flexibility index (Phi) is 7.17. The predicted molar refractivity (Wildman–Crippen MR) is 147 cm³/mol. The highest BCUT2D eigenvalue weighted by atomic mass is 35.5. The number of anilines is 2. The van der Waals surface area contributed by atoms with E-state index >= 15 is 8.78 Å². The number of sulfonamides is 1. The van der Waals surface area contributed by atoms with E-state index in [1.807, 2.05) is 11.9 Å². The summed E-state index contributed by atoms with van der Waals surface area (Å²) in [7, 11) is -1.91. The molecule has 216 valence electrons. The molecular formula is C27H32ClF2N5O4S. The van der Waals surface area contributed by atoms with E-state index in [1.165, 1.54) is 28.6 Å². The minimum Gasteiger partial charge on any atom is -0.489 e. The van der Waals surface area contributed by atoms with Crippen molar-refractivity contribution in [2.45, 2.75) is 42.5 Å². The molecule has 6 rings (SSSR count). The first kappa shape index (κ1) is 27.6. The van der Waals surface area contributed by atoms with Crippen molar-refractivity contribution >= 4 is 39.0 Å². The minimum atomic E-state index is -3.84. The lowest BCUT2D eigenvalue weighted by Gasteiger charge is -2.36. The number of halogens is 3. The van der Waals surface area contributed by atoms with Crippen LogP contribution in [0.5, 0.6) is 5.75 Å². The first-order valence-corrected chi connectivity index (χ1v) is 15.4. The Balaban J connectivity index is 1.16. The quantitative estimate of drug-likeness (QED) is 0.489. The number of piperazine rings is 1. The van der Waals surface area contributed by atoms with E-state index in [0.29, 0.717) is 56.2 Å². The fourth-order valence-corrected chi connectivity index (χ4v) is 7.78. The average Bonchev–Trinajstić information content (AvgIpc) is 3.33. The molecule has 0 aliphatic carbocycles. The molecule has 0 radical (unpaired) electrons. The number of piperidine rings is 1. The highest BCUT2D eigenvalue weighted by Gasteiger charge is 2.43. The second-order valence-electron chi connectivity index (χ2n) is 11.0. The Morgan fingerprint density at radius 1 is 1.02 bits per heavy atom. The van der Waals surface area contributed by atoms with Crippen molar-refractivity contribution in [2.24, 2.45) is 5.92 Å². The Morgan fingerprint density at radius 3 is 2.48 bits per heavy atom. The van der Waals surface area contributed by atoms with Crippen molar-refractivity contribution in [2.75, 3.05) is 62.7 Å². The summed E-state index contributed by atoms with van der Waals surface area (Å²) in [5.74, 6) is -3.09. The molecule has 4 aliphatic rings. The average molecular weight is 596 g/mol. The largest absolute Gasteiger partial charge is 0.489 e. The van der Waals surface area contributed by atoms with Crippen LogP contribution < -0.4 is 14.5 Å². The van der Waals surface area contributed by atoms with Gasteiger partial charge in [-0.2, -0.15) is 4.31 Å². The van der Waals surface area contributed by atoms with Gasteiger partial charge in [0.25, 0.3) is 5.92 Å². The molecule has 0 bridgehead atoms. The lowest BCUT2D eigenvalue weighted by atomic mass is 9.87. The topological polar surface area (TPSA) is 86.3 Å². The van der Waals surface area contributed by atoms with Crippen LogP contribution >= 0.6 is 11.6 Å². The highest BCUT2D eigenvalue weighted by Crippen LogP contribution is 2.43. The van der Waals surface area contributed by atoms with Crippen molar-refractivity contribution < 1.29 is 26.7 Å². The number of rotatable bonds is 5. The van der Waals surface area contributed by atoms with E-state index in [9.17, 15) is 13.2 Å². The number of amides is 1. The van der Waals surface area contributed by atoms with Gasteiger partial charge in [0.2, 0.25) is 15.9 Å². The van der Waals surface area contributed by atoms with Gasteiger partial charge in [0.15, 0.2) is 0 Å². The fourth-order valence-electron chi connectivity index (χ4n) is 6.14. The van der Waals surface area contributed by atoms with Crippen LogP contribution in [0.25, 0.3) is 0 Å². The molecule has 0 saturated carbocycles. The maximum absolute atomic E-state index is 15.5. The molecule has 3 fully saturated rings. The SMILES string of the molecule is CN1CCC(C(F)(F)c2cc(Cl)nc(N3CCN(S(=O)(=O)c4ccc5c(c4)OCC4CCC(=O)N54)CC3)c2)CC1. The Labute approximate surface area is 237 Å². The van der Waals surface area contributed by atoms with Gasteiger partial charge in [0, 0.05) is 50.1 Å². The first-order valence-electron chi connectivity index (χ1n) is 13.6. The second-order valence-corrected chi connectivity index (χ2v) is 13.4. The number of pyridine rings is 1. The van der Waals surface area contributed by atoms with Crippen molar-refractivity contribution in [3.63, 3.8) is 0 Å².